The van der Waals surface area contributed by atoms with E-state index in [0.717, 1.165) is 10.2 Å². The Hall–Kier alpha value is -3.44. The fourth-order valence-electron chi connectivity index (χ4n) is 2.92. The van der Waals surface area contributed by atoms with Gasteiger partial charge in [0.05, 0.1) is 22.9 Å². The van der Waals surface area contributed by atoms with E-state index in [-0.39, 0.29) is 11.5 Å². The van der Waals surface area contributed by atoms with Crippen molar-refractivity contribution in [3.05, 3.63) is 88.9 Å². The third kappa shape index (κ3) is 3.52. The Kier molecular flexibility index (Phi) is 4.91. The molecule has 5 heteroatoms. The van der Waals surface area contributed by atoms with Crippen LogP contribution in [0.5, 0.6) is 11.5 Å². The maximum Gasteiger partial charge on any atom is 0.196 e. The summed E-state index contributed by atoms with van der Waals surface area (Å²) < 4.78 is 6.11. The molecule has 0 amide bonds. The highest BCUT2D eigenvalue weighted by Gasteiger charge is 2.18. The van der Waals surface area contributed by atoms with E-state index >= 15 is 0 Å². The van der Waals surface area contributed by atoms with Crippen LogP contribution in [0.4, 0.5) is 0 Å². The van der Waals surface area contributed by atoms with Crippen LogP contribution in [0.3, 0.4) is 0 Å². The molecular formula is C23H17NO3S. The van der Waals surface area contributed by atoms with Gasteiger partial charge >= 0.3 is 0 Å². The molecule has 4 aromatic rings. The van der Waals surface area contributed by atoms with Gasteiger partial charge in [0, 0.05) is 5.56 Å². The van der Waals surface area contributed by atoms with Gasteiger partial charge in [-0.1, -0.05) is 48.5 Å². The number of rotatable bonds is 5. The van der Waals surface area contributed by atoms with Gasteiger partial charge in [0.25, 0.3) is 0 Å². The smallest absolute Gasteiger partial charge is 0.196 e. The van der Waals surface area contributed by atoms with Gasteiger partial charge in [-0.15, -0.1) is 11.3 Å². The van der Waals surface area contributed by atoms with Crippen molar-refractivity contribution in [2.45, 2.75) is 0 Å². The Labute approximate surface area is 166 Å². The van der Waals surface area contributed by atoms with E-state index in [1.54, 1.807) is 36.4 Å². The van der Waals surface area contributed by atoms with Gasteiger partial charge in [-0.3, -0.25) is 4.79 Å². The number of hydrogen-bond donors (Lipinski definition) is 1. The normalized spacial score (nSPS) is 11.5. The lowest BCUT2D eigenvalue weighted by Gasteiger charge is -2.07. The number of ether oxygens (including phenoxy) is 1. The molecule has 4 nitrogen and oxygen atoms in total. The van der Waals surface area contributed by atoms with Crippen molar-refractivity contribution in [3.63, 3.8) is 0 Å². The summed E-state index contributed by atoms with van der Waals surface area (Å²) >= 11 is 1.47. The second-order valence-electron chi connectivity index (χ2n) is 6.17. The van der Waals surface area contributed by atoms with E-state index in [9.17, 15) is 9.90 Å². The zero-order valence-electron chi connectivity index (χ0n) is 15.1. The summed E-state index contributed by atoms with van der Waals surface area (Å²) in [6, 6.07) is 22.0. The SMILES string of the molecule is COc1ccc(/C=C(/C(=O)c2ccccc2)c2nc3ccccc3s2)cc1O. The van der Waals surface area contributed by atoms with Crippen LogP contribution in [0.2, 0.25) is 0 Å². The van der Waals surface area contributed by atoms with Crippen LogP contribution in [0.1, 0.15) is 20.9 Å². The molecule has 0 atom stereocenters. The molecule has 0 spiro atoms. The molecule has 0 bridgehead atoms. The number of aromatic nitrogens is 1. The number of Topliss-reactive ketones (excluding diaryl/α,β-unsaturated/α-hetero) is 1. The zero-order chi connectivity index (χ0) is 19.5. The maximum absolute atomic E-state index is 13.2. The van der Waals surface area contributed by atoms with Crippen LogP contribution >= 0.6 is 11.3 Å². The minimum atomic E-state index is -0.116. The third-order valence-corrected chi connectivity index (χ3v) is 5.39. The highest BCUT2D eigenvalue weighted by molar-refractivity contribution is 7.20. The van der Waals surface area contributed by atoms with Crippen molar-refractivity contribution in [3.8, 4) is 11.5 Å². The number of carbonyl (C=O) groups is 1. The minimum absolute atomic E-state index is 0.0204. The summed E-state index contributed by atoms with van der Waals surface area (Å²) in [5.41, 5.74) is 2.62. The third-order valence-electron chi connectivity index (χ3n) is 4.32. The lowest BCUT2D eigenvalue weighted by atomic mass is 10.0. The Bertz CT molecular complexity index is 1150. The molecule has 0 fully saturated rings. The number of hydrogen-bond acceptors (Lipinski definition) is 5. The van der Waals surface area contributed by atoms with E-state index in [1.807, 2.05) is 42.5 Å². The van der Waals surface area contributed by atoms with Crippen molar-refractivity contribution >= 4 is 39.0 Å². The van der Waals surface area contributed by atoms with Gasteiger partial charge in [-0.2, -0.15) is 0 Å². The lowest BCUT2D eigenvalue weighted by molar-refractivity contribution is 0.105. The molecule has 4 rings (SSSR count). The van der Waals surface area contributed by atoms with Crippen molar-refractivity contribution in [2.24, 2.45) is 0 Å². The summed E-state index contributed by atoms with van der Waals surface area (Å²) in [5.74, 6) is 0.287. The summed E-state index contributed by atoms with van der Waals surface area (Å²) in [6.07, 6.45) is 1.76. The molecule has 1 heterocycles. The highest BCUT2D eigenvalue weighted by atomic mass is 32.1. The van der Waals surface area contributed by atoms with Crippen molar-refractivity contribution < 1.29 is 14.6 Å². The molecule has 0 aliphatic carbocycles. The summed E-state index contributed by atoms with van der Waals surface area (Å²) in [4.78, 5) is 17.9. The number of thiazole rings is 1. The fourth-order valence-corrected chi connectivity index (χ4v) is 3.90. The molecule has 0 saturated carbocycles. The number of nitrogens with zero attached hydrogens (tertiary/aromatic N) is 1. The van der Waals surface area contributed by atoms with Gasteiger partial charge < -0.3 is 9.84 Å². The largest absolute Gasteiger partial charge is 0.504 e. The van der Waals surface area contributed by atoms with Gasteiger partial charge in [-0.05, 0) is 35.9 Å². The van der Waals surface area contributed by atoms with Crippen molar-refractivity contribution in [1.29, 1.82) is 0 Å². The molecular weight excluding hydrogens is 370 g/mol. The predicted molar refractivity (Wildman–Crippen MR) is 113 cm³/mol. The molecule has 0 radical (unpaired) electrons. The van der Waals surface area contributed by atoms with Crippen LogP contribution in [-0.2, 0) is 0 Å². The topological polar surface area (TPSA) is 59.4 Å². The molecule has 3 aromatic carbocycles. The number of methoxy groups -OCH3 is 1. The Morgan fingerprint density at radius 3 is 2.50 bits per heavy atom. The van der Waals surface area contributed by atoms with E-state index in [1.165, 1.54) is 18.4 Å². The van der Waals surface area contributed by atoms with E-state index in [4.69, 9.17) is 4.74 Å². The minimum Gasteiger partial charge on any atom is -0.504 e. The molecule has 0 saturated heterocycles. The summed E-state index contributed by atoms with van der Waals surface area (Å²) in [5, 5.41) is 10.7. The van der Waals surface area contributed by atoms with Crippen molar-refractivity contribution in [2.75, 3.05) is 7.11 Å². The van der Waals surface area contributed by atoms with Gasteiger partial charge in [0.1, 0.15) is 5.01 Å². The second-order valence-corrected chi connectivity index (χ2v) is 7.20. The van der Waals surface area contributed by atoms with Gasteiger partial charge in [0.2, 0.25) is 0 Å². The van der Waals surface area contributed by atoms with Crippen LogP contribution in [0.15, 0.2) is 72.8 Å². The average molecular weight is 387 g/mol. The van der Waals surface area contributed by atoms with E-state index < -0.39 is 0 Å². The van der Waals surface area contributed by atoms with Crippen LogP contribution in [0, 0.1) is 0 Å². The Balaban J connectivity index is 1.85. The van der Waals surface area contributed by atoms with Gasteiger partial charge in [0.15, 0.2) is 17.3 Å². The molecule has 0 aliphatic rings. The number of fused-ring (bicyclic) bond motifs is 1. The Morgan fingerprint density at radius 1 is 1.04 bits per heavy atom. The van der Waals surface area contributed by atoms with Gasteiger partial charge in [-0.25, -0.2) is 4.98 Å². The molecule has 28 heavy (non-hydrogen) atoms. The lowest BCUT2D eigenvalue weighted by Crippen LogP contribution is -2.02. The number of ketones is 1. The first-order chi connectivity index (χ1) is 13.7. The standard InChI is InChI=1S/C23H17NO3S/c1-27-20-12-11-15(14-19(20)25)13-17(22(26)16-7-3-2-4-8-16)23-24-18-9-5-6-10-21(18)28-23/h2-14,25H,1H3/b17-13-. The number of phenols is 1. The summed E-state index contributed by atoms with van der Waals surface area (Å²) in [6.45, 7) is 0. The zero-order valence-corrected chi connectivity index (χ0v) is 15.9. The number of phenolic OH excluding ortho intramolecular Hbond substituents is 1. The molecule has 0 unspecified atom stereocenters. The first-order valence-electron chi connectivity index (χ1n) is 8.70. The number of allylic oxidation sites excluding steroid dienone is 1. The number of benzene rings is 3. The highest BCUT2D eigenvalue weighted by Crippen LogP contribution is 2.32. The quantitative estimate of drug-likeness (QED) is 0.366. The fraction of sp³-hybridized carbons (Fsp3) is 0.0435. The molecule has 1 N–H and O–H groups in total. The number of aromatic hydroxyl groups is 1. The van der Waals surface area contributed by atoms with Crippen LogP contribution in [0.25, 0.3) is 21.9 Å². The first kappa shape index (κ1) is 17.9. The summed E-state index contributed by atoms with van der Waals surface area (Å²) in [7, 11) is 1.50. The number of para-hydroxylation sites is 1. The monoisotopic (exact) mass is 387 g/mol. The van der Waals surface area contributed by atoms with E-state index in [2.05, 4.69) is 4.98 Å². The average Bonchev–Trinajstić information content (AvgIpc) is 3.16. The second kappa shape index (κ2) is 7.66. The molecule has 1 aromatic heterocycles. The molecule has 0 aliphatic heterocycles. The van der Waals surface area contributed by atoms with Crippen LogP contribution < -0.4 is 4.74 Å². The van der Waals surface area contributed by atoms with Crippen molar-refractivity contribution in [1.82, 2.24) is 4.98 Å². The Morgan fingerprint density at radius 2 is 1.79 bits per heavy atom. The number of carbonyl (C=O) groups excluding carboxylic acids is 1. The molecule has 138 valence electrons. The first-order valence-corrected chi connectivity index (χ1v) is 9.52. The predicted octanol–water partition coefficient (Wildman–Crippen LogP) is 5.43. The van der Waals surface area contributed by atoms with Crippen LogP contribution in [-0.4, -0.2) is 23.0 Å². The van der Waals surface area contributed by atoms with E-state index in [0.29, 0.717) is 27.5 Å². The maximum atomic E-state index is 13.2.